The van der Waals surface area contributed by atoms with Crippen LogP contribution in [-0.4, -0.2) is 16.1 Å². The Hall–Kier alpha value is 1.38. The topological polar surface area (TPSA) is 0 Å². The van der Waals surface area contributed by atoms with Crippen LogP contribution in [0.15, 0.2) is 0 Å². The van der Waals surface area contributed by atoms with E-state index in [2.05, 4.69) is 11.9 Å². The normalized spacial score (nSPS) is 12.0. The molecule has 0 spiro atoms. The van der Waals surface area contributed by atoms with E-state index in [0.29, 0.717) is 0 Å². The van der Waals surface area contributed by atoms with E-state index in [0.717, 1.165) is 4.44 Å². The van der Waals surface area contributed by atoms with Gasteiger partial charge in [-0.3, -0.25) is 0 Å². The molecule has 14 heavy (non-hydrogen) atoms. The van der Waals surface area contributed by atoms with Crippen molar-refractivity contribution in [1.29, 1.82) is 0 Å². The Labute approximate surface area is 101 Å². The summed E-state index contributed by atoms with van der Waals surface area (Å²) in [7, 11) is 12.2. The fourth-order valence-electron chi connectivity index (χ4n) is 1.57. The molecule has 0 aliphatic heterocycles. The summed E-state index contributed by atoms with van der Waals surface area (Å²) in [6.07, 6.45) is 10.9. The molecule has 0 fully saturated rings. The van der Waals surface area contributed by atoms with Gasteiger partial charge in [0.15, 0.2) is 0 Å². The van der Waals surface area contributed by atoms with Gasteiger partial charge in [0.2, 0.25) is 0 Å². The van der Waals surface area contributed by atoms with Crippen LogP contribution in [0.25, 0.3) is 0 Å². The molecule has 0 nitrogen and oxygen atoms in total. The van der Waals surface area contributed by atoms with Crippen LogP contribution in [0.2, 0.25) is 9.38 Å². The second-order valence-electron chi connectivity index (χ2n) is 4.30. The number of hydrogen-bond donors (Lipinski definition) is 0. The van der Waals surface area contributed by atoms with Crippen LogP contribution in [0.5, 0.6) is 0 Å². The van der Waals surface area contributed by atoms with Crippen LogP contribution in [0.1, 0.15) is 58.3 Å². The van der Waals surface area contributed by atoms with E-state index >= 15 is 0 Å². The van der Waals surface area contributed by atoms with Crippen molar-refractivity contribution in [2.45, 2.75) is 67.7 Å². The average Bonchev–Trinajstić information content (AvgIpc) is 2.08. The van der Waals surface area contributed by atoms with Gasteiger partial charge in [0.1, 0.15) is 0 Å². The third-order valence-electron chi connectivity index (χ3n) is 2.47. The molecule has 0 aromatic heterocycles. The van der Waals surface area contributed by atoms with Crippen LogP contribution in [0.3, 0.4) is 0 Å². The van der Waals surface area contributed by atoms with Crippen molar-refractivity contribution in [2.24, 2.45) is 0 Å². The second-order valence-corrected chi connectivity index (χ2v) is 24.3. The summed E-state index contributed by atoms with van der Waals surface area (Å²) in [6, 6.07) is 0. The van der Waals surface area contributed by atoms with Gasteiger partial charge < -0.3 is 0 Å². The first-order valence-corrected chi connectivity index (χ1v) is 18.0. The standard InChI is InChI=1S/C10H21.CH3.2ClH.Sn/c1-3-5-7-9-10-8-6-4-2;;;;/h1,3-10H2,2H3;1H3;2*1H;/q;;;;+2/p-2. The summed E-state index contributed by atoms with van der Waals surface area (Å²) in [4.78, 5) is 2.08. The summed E-state index contributed by atoms with van der Waals surface area (Å²) in [5.41, 5.74) is 0. The van der Waals surface area contributed by atoms with E-state index in [1.165, 1.54) is 51.4 Å². The number of hydrogen-bond acceptors (Lipinski definition) is 0. The Kier molecular flexibility index (Phi) is 10.5. The maximum absolute atomic E-state index is 6.09. The van der Waals surface area contributed by atoms with E-state index in [1.807, 2.05) is 0 Å². The molecule has 0 radical (unpaired) electrons. The minimum absolute atomic E-state index is 1.13. The maximum atomic E-state index is 6.09. The molecule has 0 aliphatic carbocycles. The van der Waals surface area contributed by atoms with Crippen LogP contribution < -0.4 is 0 Å². The van der Waals surface area contributed by atoms with Gasteiger partial charge in [0.05, 0.1) is 0 Å². The van der Waals surface area contributed by atoms with E-state index in [1.54, 1.807) is 0 Å². The van der Waals surface area contributed by atoms with Crippen molar-refractivity contribution in [3.05, 3.63) is 0 Å². The minimum atomic E-state index is -2.45. The van der Waals surface area contributed by atoms with Crippen molar-refractivity contribution >= 4 is 34.0 Å². The first-order chi connectivity index (χ1) is 6.56. The summed E-state index contributed by atoms with van der Waals surface area (Å²) in [6.45, 7) is 2.26. The van der Waals surface area contributed by atoms with Crippen molar-refractivity contribution in [3.63, 3.8) is 0 Å². The summed E-state index contributed by atoms with van der Waals surface area (Å²) in [5, 5.41) is 0. The second kappa shape index (κ2) is 9.59. The van der Waals surface area contributed by atoms with Gasteiger partial charge in [-0.15, -0.1) is 0 Å². The fraction of sp³-hybridized carbons (Fsp3) is 1.00. The predicted molar refractivity (Wildman–Crippen MR) is 70.7 cm³/mol. The van der Waals surface area contributed by atoms with E-state index in [-0.39, 0.29) is 0 Å². The molecule has 0 N–H and O–H groups in total. The van der Waals surface area contributed by atoms with Gasteiger partial charge in [-0.05, 0) is 0 Å². The Morgan fingerprint density at radius 1 is 0.786 bits per heavy atom. The Morgan fingerprint density at radius 3 is 1.64 bits per heavy atom. The molecule has 0 atom stereocenters. The quantitative estimate of drug-likeness (QED) is 0.372. The predicted octanol–water partition coefficient (Wildman–Crippen LogP) is 5.68. The molecule has 3 heteroatoms. The molecule has 0 unspecified atom stereocenters. The van der Waals surface area contributed by atoms with Crippen molar-refractivity contribution in [3.8, 4) is 0 Å². The van der Waals surface area contributed by atoms with Crippen molar-refractivity contribution < 1.29 is 0 Å². The third kappa shape index (κ3) is 13.4. The zero-order valence-electron chi connectivity index (χ0n) is 9.62. The molecule has 0 aromatic rings. The Morgan fingerprint density at radius 2 is 1.21 bits per heavy atom. The third-order valence-corrected chi connectivity index (χ3v) is 8.52. The zero-order valence-corrected chi connectivity index (χ0v) is 14.0. The Bertz CT molecular complexity index is 121. The van der Waals surface area contributed by atoms with Gasteiger partial charge in [-0.2, -0.15) is 0 Å². The summed E-state index contributed by atoms with van der Waals surface area (Å²) < 4.78 is 1.13. The van der Waals surface area contributed by atoms with Crippen LogP contribution in [0.4, 0.5) is 0 Å². The molecule has 86 valence electrons. The van der Waals surface area contributed by atoms with Crippen molar-refractivity contribution in [1.82, 2.24) is 0 Å². The molecule has 0 rings (SSSR count). The zero-order chi connectivity index (χ0) is 10.9. The average molecular weight is 346 g/mol. The molecule has 0 saturated heterocycles. The summed E-state index contributed by atoms with van der Waals surface area (Å²) >= 11 is -2.45. The van der Waals surface area contributed by atoms with Crippen LogP contribution in [0, 0.1) is 0 Å². The molecule has 0 aliphatic rings. The summed E-state index contributed by atoms with van der Waals surface area (Å²) in [5.74, 6) is 0. The van der Waals surface area contributed by atoms with Gasteiger partial charge in [-0.1, -0.05) is 0 Å². The van der Waals surface area contributed by atoms with Gasteiger partial charge in [0, 0.05) is 0 Å². The Balaban J connectivity index is 2.99. The van der Waals surface area contributed by atoms with E-state index in [4.69, 9.17) is 17.8 Å². The molecule has 0 amide bonds. The molecule has 0 bridgehead atoms. The molecule has 0 heterocycles. The monoisotopic (exact) mass is 346 g/mol. The van der Waals surface area contributed by atoms with E-state index in [9.17, 15) is 0 Å². The van der Waals surface area contributed by atoms with Gasteiger partial charge in [0.25, 0.3) is 0 Å². The number of rotatable bonds is 9. The van der Waals surface area contributed by atoms with E-state index < -0.39 is 16.1 Å². The SMILES string of the molecule is CCCCCCCCC[CH2][Sn]([CH3])([Cl])[Cl]. The molecular weight excluding hydrogens is 322 g/mol. The fourth-order valence-corrected chi connectivity index (χ4v) is 5.85. The number of halogens is 2. The molecular formula is C11H24Cl2Sn. The van der Waals surface area contributed by atoms with Crippen molar-refractivity contribution in [2.75, 3.05) is 0 Å². The number of unbranched alkanes of at least 4 members (excludes halogenated alkanes) is 7. The first kappa shape index (κ1) is 15.4. The van der Waals surface area contributed by atoms with Crippen LogP contribution in [-0.2, 0) is 0 Å². The molecule has 0 saturated carbocycles. The van der Waals surface area contributed by atoms with Gasteiger partial charge >= 0.3 is 102 Å². The first-order valence-electron chi connectivity index (χ1n) is 5.94. The van der Waals surface area contributed by atoms with Crippen LogP contribution >= 0.6 is 17.8 Å². The van der Waals surface area contributed by atoms with Gasteiger partial charge in [-0.25, -0.2) is 0 Å². The molecule has 0 aromatic carbocycles.